The van der Waals surface area contributed by atoms with Crippen molar-refractivity contribution < 1.29 is 14.6 Å². The first kappa shape index (κ1) is 8.11. The smallest absolute Gasteiger partial charge is 0.348 e. The lowest BCUT2D eigenvalue weighted by Crippen LogP contribution is -2.37. The van der Waals surface area contributed by atoms with Crippen LogP contribution in [0.25, 0.3) is 0 Å². The third-order valence-electron chi connectivity index (χ3n) is 1.88. The fourth-order valence-electron chi connectivity index (χ4n) is 1.27. The lowest BCUT2D eigenvalue weighted by atomic mass is 9.95. The molecular weight excluding hydrogens is 144 g/mol. The van der Waals surface area contributed by atoms with Crippen LogP contribution in [0.1, 0.15) is 26.2 Å². The monoisotopic (exact) mass is 156 g/mol. The molecule has 0 aromatic carbocycles. The Kier molecular flexibility index (Phi) is 2.17. The molecule has 1 aliphatic rings. The molecule has 0 fully saturated rings. The topological polar surface area (TPSA) is 46.5 Å². The molecule has 0 saturated heterocycles. The van der Waals surface area contributed by atoms with Gasteiger partial charge in [0.25, 0.3) is 0 Å². The molecule has 3 nitrogen and oxygen atoms in total. The van der Waals surface area contributed by atoms with Crippen molar-refractivity contribution >= 4 is 5.97 Å². The average Bonchev–Trinajstić information content (AvgIpc) is 2.38. The van der Waals surface area contributed by atoms with Gasteiger partial charge < -0.3 is 9.84 Å². The van der Waals surface area contributed by atoms with Crippen molar-refractivity contribution in [2.75, 3.05) is 0 Å². The molecule has 1 unspecified atom stereocenters. The standard InChI is InChI=1S/C8H12O3/c1-2-4-8(7(9)10)5-3-6-11-8/h3,6H,2,4-5H2,1H3,(H,9,10). The largest absolute Gasteiger partial charge is 0.483 e. The summed E-state index contributed by atoms with van der Waals surface area (Å²) < 4.78 is 5.06. The summed E-state index contributed by atoms with van der Waals surface area (Å²) in [6.07, 6.45) is 5.13. The van der Waals surface area contributed by atoms with Gasteiger partial charge in [-0.3, -0.25) is 0 Å². The van der Waals surface area contributed by atoms with E-state index in [1.807, 2.05) is 6.92 Å². The highest BCUT2D eigenvalue weighted by Gasteiger charge is 2.40. The van der Waals surface area contributed by atoms with E-state index in [1.54, 1.807) is 6.08 Å². The van der Waals surface area contributed by atoms with Crippen LogP contribution in [0.5, 0.6) is 0 Å². The zero-order chi connectivity index (χ0) is 8.32. The average molecular weight is 156 g/mol. The Bertz CT molecular complexity index is 176. The van der Waals surface area contributed by atoms with Crippen LogP contribution in [-0.2, 0) is 9.53 Å². The molecular formula is C8H12O3. The zero-order valence-corrected chi connectivity index (χ0v) is 6.54. The summed E-state index contributed by atoms with van der Waals surface area (Å²) in [5, 5.41) is 8.83. The fraction of sp³-hybridized carbons (Fsp3) is 0.625. The van der Waals surface area contributed by atoms with Gasteiger partial charge in [-0.2, -0.15) is 0 Å². The van der Waals surface area contributed by atoms with Crippen molar-refractivity contribution in [2.45, 2.75) is 31.8 Å². The van der Waals surface area contributed by atoms with Gasteiger partial charge in [-0.15, -0.1) is 0 Å². The normalized spacial score (nSPS) is 28.5. The summed E-state index contributed by atoms with van der Waals surface area (Å²) in [5.74, 6) is -0.857. The van der Waals surface area contributed by atoms with Crippen molar-refractivity contribution in [3.8, 4) is 0 Å². The molecule has 1 atom stereocenters. The molecule has 1 heterocycles. The van der Waals surface area contributed by atoms with E-state index >= 15 is 0 Å². The van der Waals surface area contributed by atoms with Crippen molar-refractivity contribution in [3.63, 3.8) is 0 Å². The molecule has 1 rings (SSSR count). The number of carbonyl (C=O) groups is 1. The van der Waals surface area contributed by atoms with Crippen LogP contribution in [0.4, 0.5) is 0 Å². The predicted molar refractivity (Wildman–Crippen MR) is 40.1 cm³/mol. The Morgan fingerprint density at radius 3 is 2.91 bits per heavy atom. The van der Waals surface area contributed by atoms with Crippen LogP contribution in [0.15, 0.2) is 12.3 Å². The Balaban J connectivity index is 2.65. The van der Waals surface area contributed by atoms with Crippen LogP contribution < -0.4 is 0 Å². The first-order chi connectivity index (χ1) is 5.21. The first-order valence-electron chi connectivity index (χ1n) is 3.77. The Morgan fingerprint density at radius 1 is 1.82 bits per heavy atom. The van der Waals surface area contributed by atoms with Crippen molar-refractivity contribution in [3.05, 3.63) is 12.3 Å². The SMILES string of the molecule is CCCC1(C(=O)O)CC=CO1. The molecule has 1 aliphatic heterocycles. The molecule has 0 radical (unpaired) electrons. The van der Waals surface area contributed by atoms with E-state index in [2.05, 4.69) is 0 Å². The van der Waals surface area contributed by atoms with Gasteiger partial charge in [0.1, 0.15) is 0 Å². The van der Waals surface area contributed by atoms with Crippen LogP contribution in [0, 0.1) is 0 Å². The Morgan fingerprint density at radius 2 is 2.55 bits per heavy atom. The van der Waals surface area contributed by atoms with Gasteiger partial charge >= 0.3 is 5.97 Å². The summed E-state index contributed by atoms with van der Waals surface area (Å²) in [5.41, 5.74) is -0.950. The zero-order valence-electron chi connectivity index (χ0n) is 6.54. The minimum Gasteiger partial charge on any atom is -0.483 e. The van der Waals surface area contributed by atoms with Crippen LogP contribution >= 0.6 is 0 Å². The molecule has 0 saturated carbocycles. The number of rotatable bonds is 3. The predicted octanol–water partition coefficient (Wildman–Crippen LogP) is 1.54. The highest BCUT2D eigenvalue weighted by molar-refractivity contribution is 5.78. The van der Waals surface area contributed by atoms with E-state index in [-0.39, 0.29) is 0 Å². The second-order valence-corrected chi connectivity index (χ2v) is 2.74. The van der Waals surface area contributed by atoms with Gasteiger partial charge in [-0.1, -0.05) is 13.3 Å². The Hall–Kier alpha value is -0.990. The molecule has 3 heteroatoms. The maximum absolute atomic E-state index is 10.7. The number of aliphatic carboxylic acids is 1. The van der Waals surface area contributed by atoms with Gasteiger partial charge in [-0.25, -0.2) is 4.79 Å². The van der Waals surface area contributed by atoms with Crippen LogP contribution in [0.2, 0.25) is 0 Å². The van der Waals surface area contributed by atoms with Gasteiger partial charge in [0.15, 0.2) is 0 Å². The van der Waals surface area contributed by atoms with Crippen molar-refractivity contribution in [1.29, 1.82) is 0 Å². The number of carboxylic acids is 1. The summed E-state index contributed by atoms with van der Waals surface area (Å²) >= 11 is 0. The molecule has 0 amide bonds. The number of carboxylic acid groups (broad SMARTS) is 1. The highest BCUT2D eigenvalue weighted by atomic mass is 16.5. The molecule has 0 aromatic rings. The molecule has 0 spiro atoms. The summed E-state index contributed by atoms with van der Waals surface area (Å²) in [7, 11) is 0. The van der Waals surface area contributed by atoms with Gasteiger partial charge in [0.05, 0.1) is 6.26 Å². The van der Waals surface area contributed by atoms with Crippen molar-refractivity contribution in [2.24, 2.45) is 0 Å². The Labute approximate surface area is 65.7 Å². The maximum Gasteiger partial charge on any atom is 0.348 e. The minimum atomic E-state index is -0.950. The lowest BCUT2D eigenvalue weighted by molar-refractivity contribution is -0.157. The summed E-state index contributed by atoms with van der Waals surface area (Å²) in [6, 6.07) is 0. The maximum atomic E-state index is 10.7. The third-order valence-corrected chi connectivity index (χ3v) is 1.88. The van der Waals surface area contributed by atoms with Gasteiger partial charge in [0.2, 0.25) is 5.60 Å². The molecule has 1 N–H and O–H groups in total. The van der Waals surface area contributed by atoms with Gasteiger partial charge in [0, 0.05) is 6.42 Å². The molecule has 62 valence electrons. The van der Waals surface area contributed by atoms with Crippen LogP contribution in [0.3, 0.4) is 0 Å². The van der Waals surface area contributed by atoms with E-state index in [9.17, 15) is 4.79 Å². The van der Waals surface area contributed by atoms with E-state index in [4.69, 9.17) is 9.84 Å². The minimum absolute atomic E-state index is 0.496. The molecule has 0 aromatic heterocycles. The fourth-order valence-corrected chi connectivity index (χ4v) is 1.27. The lowest BCUT2D eigenvalue weighted by Gasteiger charge is -2.22. The number of ether oxygens (including phenoxy) is 1. The second kappa shape index (κ2) is 2.95. The first-order valence-corrected chi connectivity index (χ1v) is 3.77. The molecule has 11 heavy (non-hydrogen) atoms. The van der Waals surface area contributed by atoms with Crippen LogP contribution in [-0.4, -0.2) is 16.7 Å². The number of hydrogen-bond acceptors (Lipinski definition) is 2. The molecule has 0 aliphatic carbocycles. The number of hydrogen-bond donors (Lipinski definition) is 1. The van der Waals surface area contributed by atoms with Crippen molar-refractivity contribution in [1.82, 2.24) is 0 Å². The molecule has 0 bridgehead atoms. The highest BCUT2D eigenvalue weighted by Crippen LogP contribution is 2.28. The van der Waals surface area contributed by atoms with E-state index in [1.165, 1.54) is 6.26 Å². The second-order valence-electron chi connectivity index (χ2n) is 2.74. The summed E-state index contributed by atoms with van der Waals surface area (Å²) in [6.45, 7) is 1.95. The quantitative estimate of drug-likeness (QED) is 0.674. The van der Waals surface area contributed by atoms with E-state index < -0.39 is 11.6 Å². The summed E-state index contributed by atoms with van der Waals surface area (Å²) in [4.78, 5) is 10.7. The van der Waals surface area contributed by atoms with E-state index in [0.29, 0.717) is 12.8 Å². The third kappa shape index (κ3) is 1.37. The van der Waals surface area contributed by atoms with E-state index in [0.717, 1.165) is 6.42 Å². The van der Waals surface area contributed by atoms with Gasteiger partial charge in [-0.05, 0) is 12.5 Å².